The van der Waals surface area contributed by atoms with Crippen LogP contribution in [0, 0.1) is 5.92 Å². The largest absolute Gasteiger partial charge is 0.379 e. The van der Waals surface area contributed by atoms with Crippen LogP contribution in [0.1, 0.15) is 24.4 Å². The lowest BCUT2D eigenvalue weighted by molar-refractivity contribution is -0.125. The Balaban J connectivity index is 0.00000169. The minimum absolute atomic E-state index is 0. The van der Waals surface area contributed by atoms with Crippen molar-refractivity contribution in [1.29, 1.82) is 0 Å². The second-order valence-corrected chi connectivity index (χ2v) is 6.88. The van der Waals surface area contributed by atoms with Crippen molar-refractivity contribution in [3.05, 3.63) is 34.9 Å². The molecular formula is C18H28Cl3N3O2. The van der Waals surface area contributed by atoms with Crippen molar-refractivity contribution in [3.63, 3.8) is 0 Å². The maximum Gasteiger partial charge on any atom is 0.224 e. The van der Waals surface area contributed by atoms with E-state index in [0.29, 0.717) is 6.54 Å². The Morgan fingerprint density at radius 3 is 2.69 bits per heavy atom. The quantitative estimate of drug-likeness (QED) is 0.763. The zero-order chi connectivity index (χ0) is 16.8. The van der Waals surface area contributed by atoms with Crippen LogP contribution in [0.15, 0.2) is 24.3 Å². The summed E-state index contributed by atoms with van der Waals surface area (Å²) in [6, 6.07) is 7.99. The number of halogens is 3. The summed E-state index contributed by atoms with van der Waals surface area (Å²) in [7, 11) is 0. The number of nitrogens with zero attached hydrogens (tertiary/aromatic N) is 1. The van der Waals surface area contributed by atoms with Crippen molar-refractivity contribution in [2.75, 3.05) is 45.9 Å². The van der Waals surface area contributed by atoms with E-state index in [4.69, 9.17) is 16.3 Å². The van der Waals surface area contributed by atoms with Gasteiger partial charge in [-0.15, -0.1) is 24.8 Å². The molecule has 0 radical (unpaired) electrons. The van der Waals surface area contributed by atoms with Gasteiger partial charge in [0.2, 0.25) is 5.91 Å². The number of morpholine rings is 1. The van der Waals surface area contributed by atoms with Gasteiger partial charge in [0.1, 0.15) is 0 Å². The Labute approximate surface area is 173 Å². The van der Waals surface area contributed by atoms with E-state index >= 15 is 0 Å². The van der Waals surface area contributed by atoms with Gasteiger partial charge in [0.05, 0.1) is 25.2 Å². The molecule has 2 saturated heterocycles. The number of ether oxygens (including phenoxy) is 1. The van der Waals surface area contributed by atoms with Gasteiger partial charge in [0.15, 0.2) is 0 Å². The van der Waals surface area contributed by atoms with Gasteiger partial charge < -0.3 is 15.4 Å². The third kappa shape index (κ3) is 6.25. The van der Waals surface area contributed by atoms with E-state index in [9.17, 15) is 4.79 Å². The highest BCUT2D eigenvalue weighted by molar-refractivity contribution is 6.31. The molecule has 1 amide bonds. The number of hydrogen-bond donors (Lipinski definition) is 2. The van der Waals surface area contributed by atoms with Crippen molar-refractivity contribution in [3.8, 4) is 0 Å². The van der Waals surface area contributed by atoms with Crippen LogP contribution in [0.3, 0.4) is 0 Å². The third-order valence-corrected chi connectivity index (χ3v) is 5.23. The first-order valence-corrected chi connectivity index (χ1v) is 9.18. The van der Waals surface area contributed by atoms with E-state index in [-0.39, 0.29) is 42.7 Å². The van der Waals surface area contributed by atoms with E-state index in [1.165, 1.54) is 0 Å². The number of benzene rings is 1. The maximum absolute atomic E-state index is 12.5. The summed E-state index contributed by atoms with van der Waals surface area (Å²) in [6.07, 6.45) is 2.03. The topological polar surface area (TPSA) is 53.6 Å². The monoisotopic (exact) mass is 423 g/mol. The fourth-order valence-corrected chi connectivity index (χ4v) is 3.75. The second kappa shape index (κ2) is 12.0. The molecule has 5 nitrogen and oxygen atoms in total. The average molecular weight is 425 g/mol. The molecule has 2 fully saturated rings. The molecule has 2 aliphatic rings. The van der Waals surface area contributed by atoms with Crippen LogP contribution in [0.4, 0.5) is 0 Å². The third-order valence-electron chi connectivity index (χ3n) is 4.89. The molecule has 0 spiro atoms. The molecule has 0 aromatic heterocycles. The summed E-state index contributed by atoms with van der Waals surface area (Å²) in [4.78, 5) is 14.8. The number of carbonyl (C=O) groups is 1. The van der Waals surface area contributed by atoms with Gasteiger partial charge in [0, 0.05) is 31.2 Å². The lowest BCUT2D eigenvalue weighted by atomic mass is 9.98. The van der Waals surface area contributed by atoms with Crippen LogP contribution in [-0.2, 0) is 9.53 Å². The second-order valence-electron chi connectivity index (χ2n) is 6.47. The molecule has 148 valence electrons. The van der Waals surface area contributed by atoms with E-state index in [2.05, 4.69) is 21.6 Å². The Morgan fingerprint density at radius 2 is 2.04 bits per heavy atom. The van der Waals surface area contributed by atoms with Crippen LogP contribution in [0.5, 0.6) is 0 Å². The number of amides is 1. The zero-order valence-electron chi connectivity index (χ0n) is 14.8. The summed E-state index contributed by atoms with van der Waals surface area (Å²) in [5.41, 5.74) is 1.07. The van der Waals surface area contributed by atoms with Gasteiger partial charge in [-0.2, -0.15) is 0 Å². The Hall–Kier alpha value is -0.560. The molecule has 2 unspecified atom stereocenters. The molecule has 3 rings (SSSR count). The maximum atomic E-state index is 12.5. The van der Waals surface area contributed by atoms with Crippen LogP contribution < -0.4 is 10.6 Å². The fraction of sp³-hybridized carbons (Fsp3) is 0.611. The van der Waals surface area contributed by atoms with Gasteiger partial charge in [0.25, 0.3) is 0 Å². The number of hydrogen-bond acceptors (Lipinski definition) is 4. The molecule has 0 bridgehead atoms. The Morgan fingerprint density at radius 1 is 1.31 bits per heavy atom. The van der Waals surface area contributed by atoms with E-state index in [0.717, 1.165) is 62.8 Å². The summed E-state index contributed by atoms with van der Waals surface area (Å²) in [5, 5.41) is 7.21. The van der Waals surface area contributed by atoms with E-state index in [1.807, 2.05) is 18.2 Å². The fourth-order valence-electron chi connectivity index (χ4n) is 3.49. The SMILES string of the molecule is Cl.Cl.O=C(NCC(c1ccccc1Cl)N1CCOCC1)C1CCCNC1. The molecule has 2 aliphatic heterocycles. The molecule has 2 N–H and O–H groups in total. The lowest BCUT2D eigenvalue weighted by Crippen LogP contribution is -2.46. The number of nitrogens with one attached hydrogen (secondary N) is 2. The van der Waals surface area contributed by atoms with Gasteiger partial charge in [-0.3, -0.25) is 9.69 Å². The molecule has 2 atom stereocenters. The summed E-state index contributed by atoms with van der Waals surface area (Å²) >= 11 is 6.42. The first kappa shape index (κ1) is 23.5. The lowest BCUT2D eigenvalue weighted by Gasteiger charge is -2.35. The van der Waals surface area contributed by atoms with Crippen molar-refractivity contribution >= 4 is 42.3 Å². The number of piperidine rings is 1. The van der Waals surface area contributed by atoms with Crippen molar-refractivity contribution in [2.45, 2.75) is 18.9 Å². The Kier molecular flexibility index (Phi) is 10.8. The zero-order valence-corrected chi connectivity index (χ0v) is 17.2. The molecular weight excluding hydrogens is 397 g/mol. The molecule has 8 heteroatoms. The van der Waals surface area contributed by atoms with Crippen LogP contribution in [0.2, 0.25) is 5.02 Å². The molecule has 0 aliphatic carbocycles. The first-order valence-electron chi connectivity index (χ1n) is 8.80. The van der Waals surface area contributed by atoms with E-state index in [1.54, 1.807) is 0 Å². The highest BCUT2D eigenvalue weighted by Gasteiger charge is 2.27. The summed E-state index contributed by atoms with van der Waals surface area (Å²) in [5.74, 6) is 0.225. The van der Waals surface area contributed by atoms with Gasteiger partial charge in [-0.1, -0.05) is 29.8 Å². The van der Waals surface area contributed by atoms with Crippen molar-refractivity contribution in [2.24, 2.45) is 5.92 Å². The van der Waals surface area contributed by atoms with Crippen LogP contribution in [0.25, 0.3) is 0 Å². The highest BCUT2D eigenvalue weighted by atomic mass is 35.5. The Bertz CT molecular complexity index is 550. The van der Waals surface area contributed by atoms with Crippen LogP contribution in [-0.4, -0.2) is 56.7 Å². The van der Waals surface area contributed by atoms with Crippen LogP contribution >= 0.6 is 36.4 Å². The van der Waals surface area contributed by atoms with Crippen molar-refractivity contribution < 1.29 is 9.53 Å². The predicted octanol–water partition coefficient (Wildman–Crippen LogP) is 2.67. The molecule has 26 heavy (non-hydrogen) atoms. The predicted molar refractivity (Wildman–Crippen MR) is 110 cm³/mol. The molecule has 2 heterocycles. The summed E-state index contributed by atoms with van der Waals surface area (Å²) in [6.45, 7) is 5.54. The minimum Gasteiger partial charge on any atom is -0.379 e. The number of rotatable bonds is 5. The molecule has 1 aromatic rings. The first-order chi connectivity index (χ1) is 11.8. The van der Waals surface area contributed by atoms with Crippen molar-refractivity contribution in [1.82, 2.24) is 15.5 Å². The van der Waals surface area contributed by atoms with Gasteiger partial charge in [-0.05, 0) is 31.0 Å². The van der Waals surface area contributed by atoms with E-state index < -0.39 is 0 Å². The van der Waals surface area contributed by atoms with Gasteiger partial charge >= 0.3 is 0 Å². The molecule has 0 saturated carbocycles. The highest BCUT2D eigenvalue weighted by Crippen LogP contribution is 2.28. The molecule has 1 aromatic carbocycles. The standard InChI is InChI=1S/C18H26ClN3O2.2ClH/c19-16-6-2-1-5-15(16)17(22-8-10-24-11-9-22)13-21-18(23)14-4-3-7-20-12-14;;/h1-2,5-6,14,17,20H,3-4,7-13H2,(H,21,23);2*1H. The normalized spacial score (nSPS) is 21.8. The number of carbonyl (C=O) groups excluding carboxylic acids is 1. The minimum atomic E-state index is 0. The average Bonchev–Trinajstić information content (AvgIpc) is 2.65. The smallest absolute Gasteiger partial charge is 0.224 e. The summed E-state index contributed by atoms with van der Waals surface area (Å²) < 4.78 is 5.47. The van der Waals surface area contributed by atoms with Gasteiger partial charge in [-0.25, -0.2) is 0 Å².